The summed E-state index contributed by atoms with van der Waals surface area (Å²) in [7, 11) is -4.04. The molecule has 0 atom stereocenters. The zero-order valence-electron chi connectivity index (χ0n) is 10.00. The molecular weight excluding hydrogens is 322 g/mol. The van der Waals surface area contributed by atoms with E-state index in [1.807, 2.05) is 0 Å². The minimum atomic E-state index is -4.04. The zero-order chi connectivity index (χ0) is 13.9. The van der Waals surface area contributed by atoms with Gasteiger partial charge >= 0.3 is 6.09 Å². The highest BCUT2D eigenvalue weighted by atomic mass is 79.9. The molecule has 0 aliphatic carbocycles. The van der Waals surface area contributed by atoms with Gasteiger partial charge in [-0.15, -0.1) is 0 Å². The van der Waals surface area contributed by atoms with E-state index in [0.717, 1.165) is 0 Å². The van der Waals surface area contributed by atoms with Crippen molar-refractivity contribution >= 4 is 32.0 Å². The number of benzene rings is 1. The van der Waals surface area contributed by atoms with Gasteiger partial charge in [0.25, 0.3) is 10.0 Å². The Hall–Kier alpha value is -1.08. The molecule has 0 aliphatic heterocycles. The molecule has 1 N–H and O–H groups in total. The second kappa shape index (κ2) is 5.71. The van der Waals surface area contributed by atoms with Crippen LogP contribution in [0.2, 0.25) is 0 Å². The molecular formula is C11H14BrNO4S. The molecule has 0 saturated heterocycles. The van der Waals surface area contributed by atoms with Crippen molar-refractivity contribution in [3.8, 4) is 0 Å². The smallest absolute Gasteiger partial charge is 0.421 e. The third-order valence-electron chi connectivity index (χ3n) is 2.15. The maximum Gasteiger partial charge on any atom is 0.421 e. The lowest BCUT2D eigenvalue weighted by Crippen LogP contribution is -2.38. The van der Waals surface area contributed by atoms with Gasteiger partial charge in [0.1, 0.15) is 4.90 Å². The first kappa shape index (κ1) is 15.0. The maximum absolute atomic E-state index is 12.2. The Morgan fingerprint density at radius 1 is 1.39 bits per heavy atom. The van der Waals surface area contributed by atoms with E-state index in [9.17, 15) is 13.2 Å². The van der Waals surface area contributed by atoms with Gasteiger partial charge in [0, 0.05) is 11.0 Å². The minimum absolute atomic E-state index is 0.0481. The summed E-state index contributed by atoms with van der Waals surface area (Å²) < 4.78 is 25.3. The van der Waals surface area contributed by atoms with Crippen molar-refractivity contribution in [2.24, 2.45) is 5.92 Å². The van der Waals surface area contributed by atoms with Crippen molar-refractivity contribution in [2.75, 3.05) is 6.54 Å². The van der Waals surface area contributed by atoms with Gasteiger partial charge in [-0.05, 0) is 34.0 Å². The Kier molecular flexibility index (Phi) is 4.75. The van der Waals surface area contributed by atoms with Gasteiger partial charge in [-0.25, -0.2) is 17.5 Å². The van der Waals surface area contributed by atoms with Crippen molar-refractivity contribution in [1.29, 1.82) is 0 Å². The highest BCUT2D eigenvalue weighted by Gasteiger charge is 2.30. The van der Waals surface area contributed by atoms with Crippen LogP contribution in [0.1, 0.15) is 13.8 Å². The van der Waals surface area contributed by atoms with Crippen LogP contribution < -0.4 is 0 Å². The Balaban J connectivity index is 3.26. The zero-order valence-corrected chi connectivity index (χ0v) is 12.4. The molecule has 0 heterocycles. The van der Waals surface area contributed by atoms with Crippen LogP contribution in [0.3, 0.4) is 0 Å². The normalized spacial score (nSPS) is 11.6. The Morgan fingerprint density at radius 3 is 2.39 bits per heavy atom. The number of sulfonamides is 1. The maximum atomic E-state index is 12.2. The van der Waals surface area contributed by atoms with Gasteiger partial charge in [0.05, 0.1) is 0 Å². The number of hydrogen-bond donors (Lipinski definition) is 1. The van der Waals surface area contributed by atoms with E-state index in [-0.39, 0.29) is 17.4 Å². The van der Waals surface area contributed by atoms with Crippen molar-refractivity contribution in [3.05, 3.63) is 28.7 Å². The van der Waals surface area contributed by atoms with E-state index >= 15 is 0 Å². The van der Waals surface area contributed by atoms with E-state index in [0.29, 0.717) is 8.78 Å². The van der Waals surface area contributed by atoms with Gasteiger partial charge in [0.2, 0.25) is 0 Å². The fourth-order valence-electron chi connectivity index (χ4n) is 1.38. The molecule has 0 fully saturated rings. The number of nitrogens with zero attached hydrogens (tertiary/aromatic N) is 1. The molecule has 0 aromatic heterocycles. The van der Waals surface area contributed by atoms with Crippen LogP contribution in [0.25, 0.3) is 0 Å². The standard InChI is InChI=1S/C11H14BrNO4S/c1-8(2)7-13(11(14)15)18(16,17)10-6-4-3-5-9(10)12/h3-6,8H,7H2,1-2H3,(H,14,15). The van der Waals surface area contributed by atoms with Gasteiger partial charge < -0.3 is 5.11 Å². The van der Waals surface area contributed by atoms with Crippen LogP contribution in [0.15, 0.2) is 33.6 Å². The largest absolute Gasteiger partial charge is 0.464 e. The quantitative estimate of drug-likeness (QED) is 0.917. The molecule has 18 heavy (non-hydrogen) atoms. The number of carbonyl (C=O) groups is 1. The Morgan fingerprint density at radius 2 is 1.94 bits per heavy atom. The third kappa shape index (κ3) is 3.23. The summed E-state index contributed by atoms with van der Waals surface area (Å²) in [5.41, 5.74) is 0. The molecule has 0 unspecified atom stereocenters. The second-order valence-electron chi connectivity index (χ2n) is 4.14. The number of rotatable bonds is 4. The summed E-state index contributed by atoms with van der Waals surface area (Å²) in [5.74, 6) is -0.0848. The fraction of sp³-hybridized carbons (Fsp3) is 0.364. The molecule has 0 saturated carbocycles. The Bertz CT molecular complexity index is 542. The molecule has 0 spiro atoms. The lowest BCUT2D eigenvalue weighted by Gasteiger charge is -2.21. The average molecular weight is 336 g/mol. The molecule has 1 aromatic carbocycles. The predicted molar refractivity (Wildman–Crippen MR) is 70.9 cm³/mol. The topological polar surface area (TPSA) is 74.7 Å². The van der Waals surface area contributed by atoms with E-state index in [1.54, 1.807) is 32.0 Å². The summed E-state index contributed by atoms with van der Waals surface area (Å²) in [4.78, 5) is 11.0. The van der Waals surface area contributed by atoms with Crippen molar-refractivity contribution in [3.63, 3.8) is 0 Å². The van der Waals surface area contributed by atoms with Crippen LogP contribution in [0.4, 0.5) is 4.79 Å². The lowest BCUT2D eigenvalue weighted by atomic mass is 10.2. The fourth-order valence-corrected chi connectivity index (χ4v) is 3.78. The molecule has 1 amide bonds. The van der Waals surface area contributed by atoms with Gasteiger partial charge in [-0.3, -0.25) is 0 Å². The lowest BCUT2D eigenvalue weighted by molar-refractivity contribution is 0.169. The third-order valence-corrected chi connectivity index (χ3v) is 4.90. The number of amides is 1. The van der Waals surface area contributed by atoms with E-state index in [4.69, 9.17) is 5.11 Å². The summed E-state index contributed by atoms with van der Waals surface area (Å²) in [6, 6.07) is 6.14. The molecule has 5 nitrogen and oxygen atoms in total. The van der Waals surface area contributed by atoms with Gasteiger partial charge in [0.15, 0.2) is 0 Å². The summed E-state index contributed by atoms with van der Waals surface area (Å²) in [6.07, 6.45) is -1.47. The SMILES string of the molecule is CC(C)CN(C(=O)O)S(=O)(=O)c1ccccc1Br. The molecule has 100 valence electrons. The van der Waals surface area contributed by atoms with Crippen LogP contribution >= 0.6 is 15.9 Å². The molecule has 1 aromatic rings. The van der Waals surface area contributed by atoms with Gasteiger partial charge in [-0.1, -0.05) is 26.0 Å². The van der Waals surface area contributed by atoms with Gasteiger partial charge in [-0.2, -0.15) is 0 Å². The summed E-state index contributed by atoms with van der Waals surface area (Å²) >= 11 is 3.12. The number of halogens is 1. The van der Waals surface area contributed by atoms with Crippen molar-refractivity contribution in [1.82, 2.24) is 4.31 Å². The minimum Gasteiger partial charge on any atom is -0.464 e. The van der Waals surface area contributed by atoms with Crippen molar-refractivity contribution < 1.29 is 18.3 Å². The first-order chi connectivity index (χ1) is 8.26. The first-order valence-corrected chi connectivity index (χ1v) is 7.50. The highest BCUT2D eigenvalue weighted by molar-refractivity contribution is 9.10. The molecule has 0 aliphatic rings. The molecule has 7 heteroatoms. The average Bonchev–Trinajstić information content (AvgIpc) is 2.25. The van der Waals surface area contributed by atoms with Crippen molar-refractivity contribution in [2.45, 2.75) is 18.7 Å². The summed E-state index contributed by atoms with van der Waals surface area (Å²) in [5, 5.41) is 9.04. The molecule has 1 rings (SSSR count). The number of carboxylic acid groups (broad SMARTS) is 1. The highest BCUT2D eigenvalue weighted by Crippen LogP contribution is 2.25. The van der Waals surface area contributed by atoms with Crippen LogP contribution in [0.5, 0.6) is 0 Å². The molecule has 0 radical (unpaired) electrons. The van der Waals surface area contributed by atoms with Crippen LogP contribution in [0, 0.1) is 5.92 Å². The van der Waals surface area contributed by atoms with E-state index in [1.165, 1.54) is 6.07 Å². The Labute approximate surface area is 115 Å². The first-order valence-electron chi connectivity index (χ1n) is 5.27. The predicted octanol–water partition coefficient (Wildman–Crippen LogP) is 2.77. The van der Waals surface area contributed by atoms with Crippen LogP contribution in [-0.2, 0) is 10.0 Å². The summed E-state index contributed by atoms with van der Waals surface area (Å²) in [6.45, 7) is 3.44. The molecule has 0 bridgehead atoms. The van der Waals surface area contributed by atoms with Crippen LogP contribution in [-0.4, -0.2) is 30.5 Å². The monoisotopic (exact) mass is 335 g/mol. The van der Waals surface area contributed by atoms with E-state index in [2.05, 4.69) is 15.9 Å². The van der Waals surface area contributed by atoms with E-state index < -0.39 is 16.1 Å². The second-order valence-corrected chi connectivity index (χ2v) is 6.83. The number of hydrogen-bond acceptors (Lipinski definition) is 3.